The van der Waals surface area contributed by atoms with Crippen molar-refractivity contribution in [3.05, 3.63) is 11.4 Å². The van der Waals surface area contributed by atoms with Gasteiger partial charge in [-0.05, 0) is 6.92 Å². The molecule has 4 nitrogen and oxygen atoms in total. The van der Waals surface area contributed by atoms with E-state index in [2.05, 4.69) is 19.1 Å². The number of hydrogen-bond donors (Lipinski definition) is 1. The molecule has 1 aromatic rings. The number of nitrogens with zero attached hydrogens (tertiary/aromatic N) is 2. The first kappa shape index (κ1) is 7.59. The predicted octanol–water partition coefficient (Wildman–Crippen LogP) is 0.498. The standard InChI is InChI=1S/C5H9N3OS/c1-4-5(3-6-9-2)8-10-7-4/h6H,3H2,1-2H3. The maximum absolute atomic E-state index is 4.66. The normalized spacial score (nSPS) is 10.2. The quantitative estimate of drug-likeness (QED) is 0.652. The molecule has 0 fully saturated rings. The highest BCUT2D eigenvalue weighted by Gasteiger charge is 2.00. The van der Waals surface area contributed by atoms with E-state index in [1.165, 1.54) is 11.7 Å². The summed E-state index contributed by atoms with van der Waals surface area (Å²) in [6.45, 7) is 2.55. The number of hydroxylamine groups is 1. The second-order valence-corrected chi connectivity index (χ2v) is 2.35. The van der Waals surface area contributed by atoms with Crippen LogP contribution < -0.4 is 5.48 Å². The monoisotopic (exact) mass is 159 g/mol. The van der Waals surface area contributed by atoms with Crippen molar-refractivity contribution >= 4 is 11.7 Å². The fourth-order valence-electron chi connectivity index (χ4n) is 0.550. The van der Waals surface area contributed by atoms with Crippen molar-refractivity contribution in [2.75, 3.05) is 7.11 Å². The molecule has 0 aliphatic carbocycles. The van der Waals surface area contributed by atoms with Gasteiger partial charge in [0.15, 0.2) is 0 Å². The highest BCUT2D eigenvalue weighted by Crippen LogP contribution is 2.02. The lowest BCUT2D eigenvalue weighted by atomic mass is 10.3. The van der Waals surface area contributed by atoms with Gasteiger partial charge >= 0.3 is 0 Å². The molecular formula is C5H9N3OS. The molecule has 1 N–H and O–H groups in total. The van der Waals surface area contributed by atoms with Crippen LogP contribution in [-0.4, -0.2) is 15.9 Å². The Morgan fingerprint density at radius 3 is 2.90 bits per heavy atom. The number of rotatable bonds is 3. The van der Waals surface area contributed by atoms with E-state index in [0.717, 1.165) is 11.4 Å². The Labute approximate surface area is 63.5 Å². The van der Waals surface area contributed by atoms with Crippen molar-refractivity contribution in [1.29, 1.82) is 0 Å². The highest BCUT2D eigenvalue weighted by molar-refractivity contribution is 6.99. The fraction of sp³-hybridized carbons (Fsp3) is 0.600. The fourth-order valence-corrected chi connectivity index (χ4v) is 1.11. The molecule has 5 heteroatoms. The zero-order valence-electron chi connectivity index (χ0n) is 5.92. The lowest BCUT2D eigenvalue weighted by molar-refractivity contribution is 0.0858. The lowest BCUT2D eigenvalue weighted by Crippen LogP contribution is -2.11. The Balaban J connectivity index is 2.49. The lowest BCUT2D eigenvalue weighted by Gasteiger charge is -1.96. The van der Waals surface area contributed by atoms with Crippen LogP contribution in [0, 0.1) is 6.92 Å². The summed E-state index contributed by atoms with van der Waals surface area (Å²) in [7, 11) is 1.58. The third-order valence-corrected chi connectivity index (χ3v) is 1.79. The molecule has 56 valence electrons. The first-order valence-electron chi connectivity index (χ1n) is 2.88. The molecule has 10 heavy (non-hydrogen) atoms. The highest BCUT2D eigenvalue weighted by atomic mass is 32.1. The second kappa shape index (κ2) is 3.60. The van der Waals surface area contributed by atoms with Crippen LogP contribution in [0.3, 0.4) is 0 Å². The van der Waals surface area contributed by atoms with Gasteiger partial charge in [-0.15, -0.1) is 0 Å². The van der Waals surface area contributed by atoms with Gasteiger partial charge < -0.3 is 4.84 Å². The summed E-state index contributed by atoms with van der Waals surface area (Å²) in [6.07, 6.45) is 0. The second-order valence-electron chi connectivity index (χ2n) is 1.82. The SMILES string of the molecule is CONCc1nsnc1C. The van der Waals surface area contributed by atoms with Crippen molar-refractivity contribution in [1.82, 2.24) is 14.2 Å². The van der Waals surface area contributed by atoms with Gasteiger partial charge in [0.25, 0.3) is 0 Å². The Morgan fingerprint density at radius 1 is 1.60 bits per heavy atom. The van der Waals surface area contributed by atoms with E-state index >= 15 is 0 Å². The van der Waals surface area contributed by atoms with Gasteiger partial charge in [-0.1, -0.05) is 0 Å². The summed E-state index contributed by atoms with van der Waals surface area (Å²) in [4.78, 5) is 4.66. The average Bonchev–Trinajstić information content (AvgIpc) is 2.31. The zero-order valence-corrected chi connectivity index (χ0v) is 6.73. The van der Waals surface area contributed by atoms with E-state index in [1.54, 1.807) is 7.11 Å². The molecular weight excluding hydrogens is 150 g/mol. The molecule has 0 saturated heterocycles. The Hall–Kier alpha value is -0.520. The molecule has 0 atom stereocenters. The average molecular weight is 159 g/mol. The van der Waals surface area contributed by atoms with Crippen molar-refractivity contribution < 1.29 is 4.84 Å². The van der Waals surface area contributed by atoms with E-state index in [1.807, 2.05) is 6.92 Å². The molecule has 0 aliphatic rings. The van der Waals surface area contributed by atoms with E-state index < -0.39 is 0 Å². The van der Waals surface area contributed by atoms with Crippen LogP contribution in [0.1, 0.15) is 11.4 Å². The van der Waals surface area contributed by atoms with Crippen molar-refractivity contribution in [3.8, 4) is 0 Å². The molecule has 0 amide bonds. The molecule has 0 aromatic carbocycles. The maximum Gasteiger partial charge on any atom is 0.0933 e. The Morgan fingerprint density at radius 2 is 2.40 bits per heavy atom. The molecule has 0 bridgehead atoms. The van der Waals surface area contributed by atoms with Crippen molar-refractivity contribution in [3.63, 3.8) is 0 Å². The largest absolute Gasteiger partial charge is 0.305 e. The molecule has 0 radical (unpaired) electrons. The Bertz CT molecular complexity index is 201. The minimum atomic E-state index is 0.624. The van der Waals surface area contributed by atoms with E-state index in [0.29, 0.717) is 6.54 Å². The number of aromatic nitrogens is 2. The van der Waals surface area contributed by atoms with Gasteiger partial charge in [-0.3, -0.25) is 0 Å². The molecule has 1 rings (SSSR count). The summed E-state index contributed by atoms with van der Waals surface area (Å²) in [5.74, 6) is 0. The third-order valence-electron chi connectivity index (χ3n) is 1.13. The topological polar surface area (TPSA) is 47.0 Å². The van der Waals surface area contributed by atoms with Gasteiger partial charge in [0.05, 0.1) is 36.8 Å². The minimum absolute atomic E-state index is 0.624. The van der Waals surface area contributed by atoms with Gasteiger partial charge in [-0.25, -0.2) is 0 Å². The molecule has 0 aliphatic heterocycles. The van der Waals surface area contributed by atoms with Crippen LogP contribution in [0.2, 0.25) is 0 Å². The Kier molecular flexibility index (Phi) is 2.73. The molecule has 0 spiro atoms. The van der Waals surface area contributed by atoms with E-state index in [4.69, 9.17) is 0 Å². The number of aryl methyl sites for hydroxylation is 1. The van der Waals surface area contributed by atoms with Crippen LogP contribution >= 0.6 is 11.7 Å². The van der Waals surface area contributed by atoms with Crippen LogP contribution in [0.15, 0.2) is 0 Å². The molecule has 1 aromatic heterocycles. The molecule has 1 heterocycles. The molecule has 0 saturated carbocycles. The summed E-state index contributed by atoms with van der Waals surface area (Å²) in [5, 5.41) is 0. The van der Waals surface area contributed by atoms with Crippen LogP contribution in [0.25, 0.3) is 0 Å². The summed E-state index contributed by atoms with van der Waals surface area (Å²) >= 11 is 1.22. The smallest absolute Gasteiger partial charge is 0.0933 e. The first-order chi connectivity index (χ1) is 4.84. The van der Waals surface area contributed by atoms with Crippen LogP contribution in [-0.2, 0) is 11.4 Å². The first-order valence-corrected chi connectivity index (χ1v) is 3.61. The van der Waals surface area contributed by atoms with Crippen LogP contribution in [0.5, 0.6) is 0 Å². The summed E-state index contributed by atoms with van der Waals surface area (Å²) in [5.41, 5.74) is 4.61. The maximum atomic E-state index is 4.66. The van der Waals surface area contributed by atoms with Gasteiger partial charge in [-0.2, -0.15) is 14.2 Å². The third kappa shape index (κ3) is 1.73. The van der Waals surface area contributed by atoms with Crippen molar-refractivity contribution in [2.24, 2.45) is 0 Å². The number of hydrogen-bond acceptors (Lipinski definition) is 5. The zero-order chi connectivity index (χ0) is 7.40. The number of nitrogens with one attached hydrogen (secondary N) is 1. The van der Waals surface area contributed by atoms with Gasteiger partial charge in [0.1, 0.15) is 0 Å². The minimum Gasteiger partial charge on any atom is -0.305 e. The predicted molar refractivity (Wildman–Crippen MR) is 38.5 cm³/mol. The molecule has 0 unspecified atom stereocenters. The van der Waals surface area contributed by atoms with E-state index in [9.17, 15) is 0 Å². The van der Waals surface area contributed by atoms with Crippen molar-refractivity contribution in [2.45, 2.75) is 13.5 Å². The van der Waals surface area contributed by atoms with Gasteiger partial charge in [0, 0.05) is 0 Å². The van der Waals surface area contributed by atoms with E-state index in [-0.39, 0.29) is 0 Å². The van der Waals surface area contributed by atoms with Gasteiger partial charge in [0.2, 0.25) is 0 Å². The summed E-state index contributed by atoms with van der Waals surface area (Å²) in [6, 6.07) is 0. The summed E-state index contributed by atoms with van der Waals surface area (Å²) < 4.78 is 8.05. The van der Waals surface area contributed by atoms with Crippen LogP contribution in [0.4, 0.5) is 0 Å².